The SMILES string of the molecule is Cc1ccc(CNC(=O)c2cc(Br)cn2C(C)C)o1. The van der Waals surface area contributed by atoms with E-state index in [-0.39, 0.29) is 11.9 Å². The zero-order chi connectivity index (χ0) is 14.0. The molecule has 0 saturated carbocycles. The summed E-state index contributed by atoms with van der Waals surface area (Å²) in [5.74, 6) is 1.50. The molecule has 0 bridgehead atoms. The fraction of sp³-hybridized carbons (Fsp3) is 0.357. The fourth-order valence-electron chi connectivity index (χ4n) is 1.89. The Bertz CT molecular complexity index is 584. The first kappa shape index (κ1) is 13.9. The van der Waals surface area contributed by atoms with Gasteiger partial charge in [0.05, 0.1) is 6.54 Å². The summed E-state index contributed by atoms with van der Waals surface area (Å²) >= 11 is 3.40. The lowest BCUT2D eigenvalue weighted by Gasteiger charge is -2.12. The molecule has 0 aliphatic carbocycles. The summed E-state index contributed by atoms with van der Waals surface area (Å²) in [6, 6.07) is 5.81. The molecule has 4 nitrogen and oxygen atoms in total. The first-order valence-electron chi connectivity index (χ1n) is 6.18. The molecule has 2 aromatic heterocycles. The Balaban J connectivity index is 2.07. The molecule has 1 N–H and O–H groups in total. The average molecular weight is 325 g/mol. The standard InChI is InChI=1S/C14H17BrN2O2/c1-9(2)17-8-11(15)6-13(17)14(18)16-7-12-5-4-10(3)19-12/h4-6,8-9H,7H2,1-3H3,(H,16,18). The van der Waals surface area contributed by atoms with Gasteiger partial charge in [-0.15, -0.1) is 0 Å². The molecule has 19 heavy (non-hydrogen) atoms. The maximum Gasteiger partial charge on any atom is 0.268 e. The summed E-state index contributed by atoms with van der Waals surface area (Å²) in [7, 11) is 0. The van der Waals surface area contributed by atoms with Gasteiger partial charge >= 0.3 is 0 Å². The Morgan fingerprint density at radius 2 is 2.21 bits per heavy atom. The highest BCUT2D eigenvalue weighted by molar-refractivity contribution is 9.10. The van der Waals surface area contributed by atoms with E-state index in [4.69, 9.17) is 4.42 Å². The van der Waals surface area contributed by atoms with Crippen molar-refractivity contribution < 1.29 is 9.21 Å². The molecule has 0 unspecified atom stereocenters. The van der Waals surface area contributed by atoms with Crippen molar-refractivity contribution in [2.24, 2.45) is 0 Å². The molecule has 102 valence electrons. The molecule has 0 fully saturated rings. The third-order valence-electron chi connectivity index (χ3n) is 2.82. The van der Waals surface area contributed by atoms with Crippen LogP contribution < -0.4 is 5.32 Å². The van der Waals surface area contributed by atoms with Crippen molar-refractivity contribution >= 4 is 21.8 Å². The van der Waals surface area contributed by atoms with Crippen molar-refractivity contribution in [1.82, 2.24) is 9.88 Å². The van der Waals surface area contributed by atoms with Crippen LogP contribution in [0.15, 0.2) is 33.3 Å². The predicted octanol–water partition coefficient (Wildman–Crippen LogP) is 3.66. The van der Waals surface area contributed by atoms with Crippen LogP contribution in [0.4, 0.5) is 0 Å². The van der Waals surface area contributed by atoms with Gasteiger partial charge in [-0.1, -0.05) is 0 Å². The molecule has 2 heterocycles. The number of hydrogen-bond acceptors (Lipinski definition) is 2. The normalized spacial score (nSPS) is 11.0. The number of carbonyl (C=O) groups is 1. The van der Waals surface area contributed by atoms with Crippen molar-refractivity contribution in [1.29, 1.82) is 0 Å². The van der Waals surface area contributed by atoms with Crippen molar-refractivity contribution in [2.75, 3.05) is 0 Å². The second-order valence-corrected chi connectivity index (χ2v) is 5.66. The van der Waals surface area contributed by atoms with E-state index in [0.717, 1.165) is 16.0 Å². The Morgan fingerprint density at radius 3 is 2.79 bits per heavy atom. The van der Waals surface area contributed by atoms with Gasteiger partial charge in [0.2, 0.25) is 0 Å². The zero-order valence-electron chi connectivity index (χ0n) is 11.2. The molecule has 2 aromatic rings. The highest BCUT2D eigenvalue weighted by Gasteiger charge is 2.15. The molecular formula is C14H17BrN2O2. The number of rotatable bonds is 4. The number of amides is 1. The molecule has 2 rings (SSSR count). The molecule has 0 saturated heterocycles. The van der Waals surface area contributed by atoms with Crippen molar-refractivity contribution in [3.8, 4) is 0 Å². The summed E-state index contributed by atoms with van der Waals surface area (Å²) < 4.78 is 8.26. The number of halogens is 1. The Labute approximate surface area is 120 Å². The monoisotopic (exact) mass is 324 g/mol. The van der Waals surface area contributed by atoms with Gasteiger partial charge < -0.3 is 14.3 Å². The third kappa shape index (κ3) is 3.29. The lowest BCUT2D eigenvalue weighted by atomic mass is 10.3. The summed E-state index contributed by atoms with van der Waals surface area (Å²) in [4.78, 5) is 12.2. The Hall–Kier alpha value is -1.49. The van der Waals surface area contributed by atoms with Crippen LogP contribution in [-0.4, -0.2) is 10.5 Å². The van der Waals surface area contributed by atoms with E-state index in [1.165, 1.54) is 0 Å². The van der Waals surface area contributed by atoms with Crippen molar-refractivity contribution in [2.45, 2.75) is 33.4 Å². The van der Waals surface area contributed by atoms with Crippen LogP contribution >= 0.6 is 15.9 Å². The van der Waals surface area contributed by atoms with Gasteiger partial charge in [0.1, 0.15) is 17.2 Å². The maximum absolute atomic E-state index is 12.2. The third-order valence-corrected chi connectivity index (χ3v) is 3.26. The average Bonchev–Trinajstić information content (AvgIpc) is 2.92. The van der Waals surface area contributed by atoms with Crippen LogP contribution in [0.5, 0.6) is 0 Å². The van der Waals surface area contributed by atoms with Crippen molar-refractivity contribution in [3.63, 3.8) is 0 Å². The number of hydrogen-bond donors (Lipinski definition) is 1. The molecule has 0 aliphatic heterocycles. The first-order valence-corrected chi connectivity index (χ1v) is 6.97. The van der Waals surface area contributed by atoms with Gasteiger partial charge in [-0.3, -0.25) is 4.79 Å². The van der Waals surface area contributed by atoms with Crippen LogP contribution in [0.2, 0.25) is 0 Å². The molecule has 0 radical (unpaired) electrons. The van der Waals surface area contributed by atoms with Crippen LogP contribution in [0.1, 0.15) is 41.9 Å². The number of aryl methyl sites for hydroxylation is 1. The van der Waals surface area contributed by atoms with Crippen LogP contribution in [0.25, 0.3) is 0 Å². The maximum atomic E-state index is 12.2. The van der Waals surface area contributed by atoms with E-state index in [9.17, 15) is 4.79 Å². The van der Waals surface area contributed by atoms with E-state index >= 15 is 0 Å². The number of aromatic nitrogens is 1. The van der Waals surface area contributed by atoms with E-state index in [0.29, 0.717) is 12.2 Å². The van der Waals surface area contributed by atoms with Gasteiger partial charge in [-0.05, 0) is 54.9 Å². The molecular weight excluding hydrogens is 308 g/mol. The predicted molar refractivity (Wildman–Crippen MR) is 77.1 cm³/mol. The van der Waals surface area contributed by atoms with E-state index < -0.39 is 0 Å². The first-order chi connectivity index (χ1) is 8.97. The Morgan fingerprint density at radius 1 is 1.47 bits per heavy atom. The van der Waals surface area contributed by atoms with E-state index in [2.05, 4.69) is 21.2 Å². The lowest BCUT2D eigenvalue weighted by molar-refractivity contribution is 0.0937. The number of furan rings is 1. The quantitative estimate of drug-likeness (QED) is 0.932. The second-order valence-electron chi connectivity index (χ2n) is 4.74. The minimum absolute atomic E-state index is 0.103. The highest BCUT2D eigenvalue weighted by Crippen LogP contribution is 2.19. The summed E-state index contributed by atoms with van der Waals surface area (Å²) in [5.41, 5.74) is 0.644. The lowest BCUT2D eigenvalue weighted by Crippen LogP contribution is -2.25. The van der Waals surface area contributed by atoms with Gasteiger partial charge in [0.15, 0.2) is 0 Å². The number of nitrogens with zero attached hydrogens (tertiary/aromatic N) is 1. The molecule has 0 atom stereocenters. The molecule has 5 heteroatoms. The smallest absolute Gasteiger partial charge is 0.268 e. The summed E-state index contributed by atoms with van der Waals surface area (Å²) in [5, 5.41) is 2.86. The molecule has 0 aliphatic rings. The number of nitrogens with one attached hydrogen (secondary N) is 1. The van der Waals surface area contributed by atoms with Gasteiger partial charge in [0.25, 0.3) is 5.91 Å². The molecule has 1 amide bonds. The van der Waals surface area contributed by atoms with Gasteiger partial charge in [-0.25, -0.2) is 0 Å². The van der Waals surface area contributed by atoms with E-state index in [1.54, 1.807) is 0 Å². The molecule has 0 aromatic carbocycles. The van der Waals surface area contributed by atoms with Gasteiger partial charge in [0, 0.05) is 16.7 Å². The van der Waals surface area contributed by atoms with Crippen LogP contribution in [-0.2, 0) is 6.54 Å². The highest BCUT2D eigenvalue weighted by atomic mass is 79.9. The summed E-state index contributed by atoms with van der Waals surface area (Å²) in [6.07, 6.45) is 1.91. The minimum Gasteiger partial charge on any atom is -0.465 e. The number of carbonyl (C=O) groups excluding carboxylic acids is 1. The fourth-order valence-corrected chi connectivity index (χ4v) is 2.33. The largest absolute Gasteiger partial charge is 0.465 e. The van der Waals surface area contributed by atoms with Crippen molar-refractivity contribution in [3.05, 3.63) is 46.1 Å². The minimum atomic E-state index is -0.103. The van der Waals surface area contributed by atoms with Gasteiger partial charge in [-0.2, -0.15) is 0 Å². The van der Waals surface area contributed by atoms with Crippen LogP contribution in [0, 0.1) is 6.92 Å². The van der Waals surface area contributed by atoms with E-state index in [1.807, 2.05) is 49.7 Å². The topological polar surface area (TPSA) is 47.2 Å². The Kier molecular flexibility index (Phi) is 4.14. The summed E-state index contributed by atoms with van der Waals surface area (Å²) in [6.45, 7) is 6.36. The van der Waals surface area contributed by atoms with Crippen LogP contribution in [0.3, 0.4) is 0 Å². The molecule has 0 spiro atoms. The zero-order valence-corrected chi connectivity index (χ0v) is 12.8. The second kappa shape index (κ2) is 5.65.